The van der Waals surface area contributed by atoms with E-state index < -0.39 is 26.6 Å². The second-order valence-corrected chi connectivity index (χ2v) is 19.0. The van der Waals surface area contributed by atoms with Gasteiger partial charge in [0.05, 0.1) is 41.3 Å². The number of sulfonamides is 1. The number of nitriles is 1. The van der Waals surface area contributed by atoms with Crippen LogP contribution in [0.25, 0.3) is 44.7 Å². The number of benzene rings is 3. The number of β-amino-alcohol motifs (C(OH)–C–C–N with tert-alkyl or cyclic N) is 1. The van der Waals surface area contributed by atoms with E-state index in [-0.39, 0.29) is 12.1 Å². The number of rotatable bonds is 10. The van der Waals surface area contributed by atoms with Gasteiger partial charge in [-0.05, 0) is 111 Å². The van der Waals surface area contributed by atoms with Crippen molar-refractivity contribution in [3.63, 3.8) is 0 Å². The number of amides is 1. The molecule has 1 saturated carbocycles. The first-order valence-electron chi connectivity index (χ1n) is 20.2. The number of carbonyl (C=O) groups excluding carboxylic acids is 1. The second kappa shape index (κ2) is 14.6. The zero-order valence-electron chi connectivity index (χ0n) is 33.3. The van der Waals surface area contributed by atoms with Gasteiger partial charge < -0.3 is 14.3 Å². The van der Waals surface area contributed by atoms with Crippen molar-refractivity contribution in [3.05, 3.63) is 88.2 Å². The van der Waals surface area contributed by atoms with Crippen LogP contribution >= 0.6 is 0 Å². The van der Waals surface area contributed by atoms with E-state index in [1.54, 1.807) is 20.2 Å². The molecule has 3 aromatic carbocycles. The Labute approximate surface area is 338 Å². The molecule has 2 aliphatic carbocycles. The topological polar surface area (TPSA) is 162 Å². The highest BCUT2D eigenvalue weighted by Crippen LogP contribution is 2.46. The van der Waals surface area contributed by atoms with Gasteiger partial charge in [-0.3, -0.25) is 24.3 Å². The lowest BCUT2D eigenvalue weighted by atomic mass is 9.90. The molecule has 4 aliphatic rings. The molecule has 9 rings (SSSR count). The van der Waals surface area contributed by atoms with E-state index in [2.05, 4.69) is 52.6 Å². The summed E-state index contributed by atoms with van der Waals surface area (Å²) < 4.78 is 39.3. The lowest BCUT2D eigenvalue weighted by Gasteiger charge is -2.25. The maximum Gasteiger partial charge on any atom is 0.240 e. The quantitative estimate of drug-likeness (QED) is 0.157. The zero-order valence-corrected chi connectivity index (χ0v) is 34.2. The van der Waals surface area contributed by atoms with Gasteiger partial charge in [0.2, 0.25) is 21.8 Å². The van der Waals surface area contributed by atoms with Crippen LogP contribution in [0.2, 0.25) is 0 Å². The predicted octanol–water partition coefficient (Wildman–Crippen LogP) is 6.60. The van der Waals surface area contributed by atoms with Crippen LogP contribution in [0.15, 0.2) is 59.1 Å². The Hall–Kier alpha value is -5.13. The molecule has 3 fully saturated rings. The van der Waals surface area contributed by atoms with Gasteiger partial charge >= 0.3 is 0 Å². The second-order valence-electron chi connectivity index (χ2n) is 16.8. The van der Waals surface area contributed by atoms with E-state index in [0.29, 0.717) is 73.9 Å². The number of nitrogens with zero attached hydrogens (tertiary/aromatic N) is 5. The van der Waals surface area contributed by atoms with Crippen LogP contribution in [0.5, 0.6) is 5.88 Å². The van der Waals surface area contributed by atoms with E-state index >= 15 is 0 Å². The first kappa shape index (κ1) is 38.4. The fraction of sp³-hybridized carbons (Fsp3) is 0.422. The van der Waals surface area contributed by atoms with Crippen LogP contribution in [0.3, 0.4) is 0 Å². The lowest BCUT2D eigenvalue weighted by Crippen LogP contribution is -2.42. The molecule has 5 aromatic rings. The highest BCUT2D eigenvalue weighted by atomic mass is 32.2. The maximum atomic E-state index is 13.1. The van der Waals surface area contributed by atoms with Gasteiger partial charge in [0.1, 0.15) is 17.5 Å². The van der Waals surface area contributed by atoms with E-state index in [0.717, 1.165) is 81.4 Å². The lowest BCUT2D eigenvalue weighted by molar-refractivity contribution is -0.122. The Kier molecular flexibility index (Phi) is 9.67. The molecular formula is C45H48N6O6S. The van der Waals surface area contributed by atoms with Crippen molar-refractivity contribution >= 4 is 26.9 Å². The summed E-state index contributed by atoms with van der Waals surface area (Å²) in [6, 6.07) is 19.0. The van der Waals surface area contributed by atoms with Gasteiger partial charge in [-0.15, -0.1) is 0 Å². The highest BCUT2D eigenvalue weighted by Gasteiger charge is 2.51. The van der Waals surface area contributed by atoms with Gasteiger partial charge in [0.15, 0.2) is 5.58 Å². The molecule has 13 heteroatoms. The Morgan fingerprint density at radius 2 is 1.76 bits per heavy atom. The van der Waals surface area contributed by atoms with Gasteiger partial charge in [-0.2, -0.15) is 5.26 Å². The Morgan fingerprint density at radius 3 is 2.45 bits per heavy atom. The van der Waals surface area contributed by atoms with Crippen molar-refractivity contribution < 1.29 is 27.5 Å². The number of nitrogens with one attached hydrogen (secondary N) is 1. The van der Waals surface area contributed by atoms with Crippen LogP contribution in [-0.4, -0.2) is 83.3 Å². The number of aliphatic hydroxyl groups excluding tert-OH is 1. The van der Waals surface area contributed by atoms with Crippen molar-refractivity contribution in [3.8, 4) is 45.7 Å². The maximum absolute atomic E-state index is 13.1. The number of methoxy groups -OCH3 is 1. The molecule has 2 aliphatic heterocycles. The summed E-state index contributed by atoms with van der Waals surface area (Å²) in [4.78, 5) is 27.2. The van der Waals surface area contributed by atoms with Crippen molar-refractivity contribution in [2.24, 2.45) is 5.92 Å². The molecule has 2 N–H and O–H groups in total. The van der Waals surface area contributed by atoms with Gasteiger partial charge in [-0.1, -0.05) is 36.4 Å². The molecule has 3 atom stereocenters. The zero-order chi connectivity index (χ0) is 40.5. The number of hydrogen-bond donors (Lipinski definition) is 2. The Bertz CT molecular complexity index is 2630. The minimum absolute atomic E-state index is 0.0282. The molecule has 0 bridgehead atoms. The molecule has 1 amide bonds. The van der Waals surface area contributed by atoms with E-state index in [1.165, 1.54) is 0 Å². The SMILES string of the molecule is COc1nc(-c2cccc(-c3cccc(-c4cc5cc6c(c(C#N)c5o4)CC[C@H]6N4CC[C@@H](C(=O)NS(=O)(=O)C5(C)CC5)C4)c3C)c2C)cnc1CN1CC[C@@H](O)C1. The standard InChI is InChI=1S/C45H48N6O6S/c1-26-31(7-5-9-33(26)38-22-47-39(44(48-38)56-4)25-50-17-14-30(52)24-50)32-8-6-10-34(27(32)2)41-20-29-19-36-35(37(21-46)42(29)57-41)11-12-40(36)51-18-13-28(23-51)43(53)49-58(54,55)45(3)15-16-45/h5-10,19-20,22,28,30,40,52H,11-18,23-25H2,1-4H3,(H,49,53)/t28-,30-,40-/m1/s1. The third kappa shape index (κ3) is 6.66. The third-order valence-corrected chi connectivity index (χ3v) is 15.3. The molecule has 4 heterocycles. The number of likely N-dealkylation sites (tertiary alicyclic amines) is 2. The summed E-state index contributed by atoms with van der Waals surface area (Å²) in [5, 5.41) is 21.3. The summed E-state index contributed by atoms with van der Waals surface area (Å²) in [5.74, 6) is 0.335. The van der Waals surface area contributed by atoms with E-state index in [4.69, 9.17) is 19.1 Å². The molecular weight excluding hydrogens is 753 g/mol. The molecule has 2 saturated heterocycles. The third-order valence-electron chi connectivity index (χ3n) is 13.1. The van der Waals surface area contributed by atoms with Crippen LogP contribution in [0.1, 0.15) is 78.6 Å². The Morgan fingerprint density at radius 1 is 1.03 bits per heavy atom. The van der Waals surface area contributed by atoms with Gasteiger partial charge in [-0.25, -0.2) is 13.4 Å². The van der Waals surface area contributed by atoms with Crippen LogP contribution in [-0.2, 0) is 27.8 Å². The first-order valence-corrected chi connectivity index (χ1v) is 21.7. The molecule has 58 heavy (non-hydrogen) atoms. The average molecular weight is 801 g/mol. The fourth-order valence-electron chi connectivity index (χ4n) is 9.31. The highest BCUT2D eigenvalue weighted by molar-refractivity contribution is 7.91. The summed E-state index contributed by atoms with van der Waals surface area (Å²) >= 11 is 0. The summed E-state index contributed by atoms with van der Waals surface area (Å²) in [5.41, 5.74) is 10.7. The number of aromatic nitrogens is 2. The number of aliphatic hydroxyl groups is 1. The summed E-state index contributed by atoms with van der Waals surface area (Å²) in [6.07, 6.45) is 5.51. The number of fused-ring (bicyclic) bond motifs is 2. The van der Waals surface area contributed by atoms with Crippen molar-refractivity contribution in [2.75, 3.05) is 33.3 Å². The minimum atomic E-state index is -3.69. The van der Waals surface area contributed by atoms with Crippen LogP contribution in [0.4, 0.5) is 0 Å². The number of furan rings is 1. The van der Waals surface area contributed by atoms with Crippen molar-refractivity contribution in [1.29, 1.82) is 5.26 Å². The molecule has 12 nitrogen and oxygen atoms in total. The minimum Gasteiger partial charge on any atom is -0.480 e. The molecule has 0 radical (unpaired) electrons. The van der Waals surface area contributed by atoms with Crippen molar-refractivity contribution in [2.45, 2.75) is 82.7 Å². The Balaban J connectivity index is 0.986. The number of carbonyl (C=O) groups is 1. The predicted molar refractivity (Wildman–Crippen MR) is 220 cm³/mol. The smallest absolute Gasteiger partial charge is 0.240 e. The monoisotopic (exact) mass is 800 g/mol. The van der Waals surface area contributed by atoms with Gasteiger partial charge in [0.25, 0.3) is 0 Å². The number of ether oxygens (including phenoxy) is 1. The van der Waals surface area contributed by atoms with Gasteiger partial charge in [0, 0.05) is 48.7 Å². The van der Waals surface area contributed by atoms with Crippen LogP contribution in [0, 0.1) is 31.1 Å². The van der Waals surface area contributed by atoms with Crippen LogP contribution < -0.4 is 9.46 Å². The largest absolute Gasteiger partial charge is 0.480 e. The average Bonchev–Trinajstić information content (AvgIpc) is 3.67. The summed E-state index contributed by atoms with van der Waals surface area (Å²) in [6.45, 7) is 9.01. The molecule has 300 valence electrons. The molecule has 0 unspecified atom stereocenters. The molecule has 0 spiro atoms. The van der Waals surface area contributed by atoms with E-state index in [1.807, 2.05) is 30.3 Å². The fourth-order valence-corrected chi connectivity index (χ4v) is 10.6. The van der Waals surface area contributed by atoms with E-state index in [9.17, 15) is 23.6 Å². The first-order chi connectivity index (χ1) is 27.9. The summed E-state index contributed by atoms with van der Waals surface area (Å²) in [7, 11) is -2.08. The normalized spacial score (nSPS) is 21.6. The molecule has 2 aromatic heterocycles. The van der Waals surface area contributed by atoms with Crippen molar-refractivity contribution in [1.82, 2.24) is 24.5 Å². The number of hydrogen-bond acceptors (Lipinski definition) is 11.